The van der Waals surface area contributed by atoms with Crippen molar-refractivity contribution in [1.82, 2.24) is 30.1 Å². The van der Waals surface area contributed by atoms with Crippen LogP contribution in [0.1, 0.15) is 0 Å². The third kappa shape index (κ3) is 4.82. The van der Waals surface area contributed by atoms with Crippen LogP contribution >= 0.6 is 0 Å². The maximum absolute atomic E-state index is 13.4. The number of morpholine rings is 1. The Kier molecular flexibility index (Phi) is 5.91. The van der Waals surface area contributed by atoms with Crippen LogP contribution in [-0.2, 0) is 4.74 Å². The molecule has 1 fully saturated rings. The van der Waals surface area contributed by atoms with Crippen LogP contribution in [0.2, 0.25) is 0 Å². The molecule has 6 rings (SSSR count). The minimum absolute atomic E-state index is 0.372. The number of rotatable bonds is 5. The Labute approximate surface area is 210 Å². The number of carbonyl (C=O) groups excluding carboxylic acids is 1. The highest BCUT2D eigenvalue weighted by atomic mass is 19.1. The molecule has 0 bridgehead atoms. The molecule has 0 unspecified atom stereocenters. The molecule has 4 N–H and O–H groups in total. The van der Waals surface area contributed by atoms with E-state index in [2.05, 4.69) is 45.7 Å². The number of nitrogens with one attached hydrogen (secondary N) is 4. The van der Waals surface area contributed by atoms with Crippen LogP contribution in [0.5, 0.6) is 0 Å². The lowest BCUT2D eigenvalue weighted by Crippen LogP contribution is -2.36. The smallest absolute Gasteiger partial charge is 0.324 e. The van der Waals surface area contributed by atoms with Gasteiger partial charge in [0, 0.05) is 48.4 Å². The molecular formula is C25H22FN9O2. The highest BCUT2D eigenvalue weighted by Gasteiger charge is 2.17. The number of benzene rings is 1. The summed E-state index contributed by atoms with van der Waals surface area (Å²) >= 11 is 0. The Bertz CT molecular complexity index is 1560. The van der Waals surface area contributed by atoms with Crippen molar-refractivity contribution in [2.24, 2.45) is 0 Å². The molecule has 37 heavy (non-hydrogen) atoms. The summed E-state index contributed by atoms with van der Waals surface area (Å²) in [5.41, 5.74) is 4.26. The molecule has 1 aliphatic rings. The van der Waals surface area contributed by atoms with Gasteiger partial charge < -0.3 is 19.9 Å². The highest BCUT2D eigenvalue weighted by molar-refractivity contribution is 5.99. The van der Waals surface area contributed by atoms with E-state index in [0.29, 0.717) is 36.0 Å². The molecule has 11 nitrogen and oxygen atoms in total. The van der Waals surface area contributed by atoms with Crippen LogP contribution in [0.3, 0.4) is 0 Å². The number of pyridine rings is 1. The molecule has 4 aromatic heterocycles. The molecule has 5 heterocycles. The van der Waals surface area contributed by atoms with Crippen molar-refractivity contribution in [2.75, 3.05) is 41.8 Å². The summed E-state index contributed by atoms with van der Waals surface area (Å²) in [5, 5.41) is 13.2. The molecule has 1 saturated heterocycles. The van der Waals surface area contributed by atoms with Gasteiger partial charge in [-0.25, -0.2) is 19.7 Å². The number of fused-ring (bicyclic) bond motifs is 1. The predicted molar refractivity (Wildman–Crippen MR) is 137 cm³/mol. The monoisotopic (exact) mass is 499 g/mol. The zero-order chi connectivity index (χ0) is 25.2. The molecule has 0 saturated carbocycles. The minimum atomic E-state index is -0.603. The number of urea groups is 1. The van der Waals surface area contributed by atoms with Gasteiger partial charge in [-0.2, -0.15) is 9.49 Å². The SMILES string of the molecule is O=C(Nc1ccc(-c2cc3c(N4CCOCC4)ncnc3[nH]2)cc1)Nc1cc(-c2ccnc(F)c2)n[nH]1. The second-order valence-corrected chi connectivity index (χ2v) is 8.43. The summed E-state index contributed by atoms with van der Waals surface area (Å²) in [4.78, 5) is 30.4. The van der Waals surface area contributed by atoms with Gasteiger partial charge in [-0.3, -0.25) is 10.4 Å². The Hall–Kier alpha value is -4.84. The molecule has 1 aromatic carbocycles. The van der Waals surface area contributed by atoms with Crippen molar-refractivity contribution in [2.45, 2.75) is 0 Å². The molecule has 0 spiro atoms. The lowest BCUT2D eigenvalue weighted by Gasteiger charge is -2.27. The predicted octanol–water partition coefficient (Wildman–Crippen LogP) is 4.03. The molecule has 186 valence electrons. The van der Waals surface area contributed by atoms with E-state index in [0.717, 1.165) is 41.2 Å². The van der Waals surface area contributed by atoms with Crippen LogP contribution in [-0.4, -0.2) is 62.5 Å². The zero-order valence-corrected chi connectivity index (χ0v) is 19.5. The first-order valence-electron chi connectivity index (χ1n) is 11.6. The normalized spacial score (nSPS) is 13.6. The number of hydrogen-bond acceptors (Lipinski definition) is 7. The van der Waals surface area contributed by atoms with Crippen LogP contribution in [0, 0.1) is 5.95 Å². The third-order valence-corrected chi connectivity index (χ3v) is 6.02. The summed E-state index contributed by atoms with van der Waals surface area (Å²) in [6.07, 6.45) is 2.92. The molecule has 0 aliphatic carbocycles. The van der Waals surface area contributed by atoms with E-state index >= 15 is 0 Å². The first-order valence-corrected chi connectivity index (χ1v) is 11.6. The van der Waals surface area contributed by atoms with Gasteiger partial charge in [0.1, 0.15) is 23.6 Å². The van der Waals surface area contributed by atoms with Crippen molar-refractivity contribution in [3.8, 4) is 22.5 Å². The largest absolute Gasteiger partial charge is 0.378 e. The molecule has 2 amide bonds. The summed E-state index contributed by atoms with van der Waals surface area (Å²) in [6, 6.07) is 13.6. The van der Waals surface area contributed by atoms with E-state index in [9.17, 15) is 9.18 Å². The van der Waals surface area contributed by atoms with Crippen LogP contribution in [0.4, 0.5) is 26.5 Å². The number of carbonyl (C=O) groups is 1. The number of aromatic amines is 2. The van der Waals surface area contributed by atoms with Gasteiger partial charge in [0.25, 0.3) is 0 Å². The number of hydrogen-bond donors (Lipinski definition) is 4. The van der Waals surface area contributed by atoms with E-state index in [1.165, 1.54) is 12.3 Å². The Morgan fingerprint density at radius 1 is 0.973 bits per heavy atom. The minimum Gasteiger partial charge on any atom is -0.378 e. The van der Waals surface area contributed by atoms with Crippen molar-refractivity contribution in [1.29, 1.82) is 0 Å². The fourth-order valence-electron chi connectivity index (χ4n) is 4.22. The lowest BCUT2D eigenvalue weighted by molar-refractivity contribution is 0.122. The standard InChI is InChI=1S/C25H22FN9O2/c26-21-11-16(5-6-27-21)20-13-22(34-33-20)32-25(36)30-17-3-1-15(2-4-17)19-12-18-23(31-19)28-14-29-24(18)35-7-9-37-10-8-35/h1-6,11-14H,7-10H2,(H,28,29,31)(H3,30,32,33,34,36). The van der Waals surface area contributed by atoms with Crippen molar-refractivity contribution >= 4 is 34.4 Å². The number of H-pyrrole nitrogens is 2. The van der Waals surface area contributed by atoms with Crippen molar-refractivity contribution in [3.05, 3.63) is 67.0 Å². The first-order chi connectivity index (χ1) is 18.1. The summed E-state index contributed by atoms with van der Waals surface area (Å²) < 4.78 is 18.8. The van der Waals surface area contributed by atoms with Crippen molar-refractivity contribution < 1.29 is 13.9 Å². The number of halogens is 1. The zero-order valence-electron chi connectivity index (χ0n) is 19.5. The van der Waals surface area contributed by atoms with Gasteiger partial charge in [0.05, 0.1) is 24.3 Å². The Morgan fingerprint density at radius 3 is 2.62 bits per heavy atom. The lowest BCUT2D eigenvalue weighted by atomic mass is 10.1. The molecule has 0 radical (unpaired) electrons. The second kappa shape index (κ2) is 9.66. The third-order valence-electron chi connectivity index (χ3n) is 6.02. The maximum Gasteiger partial charge on any atom is 0.324 e. The number of ether oxygens (including phenoxy) is 1. The van der Waals surface area contributed by atoms with E-state index in [4.69, 9.17) is 4.74 Å². The topological polar surface area (TPSA) is 137 Å². The molecule has 12 heteroatoms. The molecule has 1 aliphatic heterocycles. The Morgan fingerprint density at radius 2 is 1.81 bits per heavy atom. The quantitative estimate of drug-likeness (QED) is 0.268. The number of anilines is 3. The van der Waals surface area contributed by atoms with E-state index in [-0.39, 0.29) is 0 Å². The Balaban J connectivity index is 1.13. The summed E-state index contributed by atoms with van der Waals surface area (Å²) in [6.45, 7) is 2.93. The van der Waals surface area contributed by atoms with Crippen molar-refractivity contribution in [3.63, 3.8) is 0 Å². The van der Waals surface area contributed by atoms with Gasteiger partial charge in [0.2, 0.25) is 5.95 Å². The fourth-order valence-corrected chi connectivity index (χ4v) is 4.22. The van der Waals surface area contributed by atoms with Gasteiger partial charge in [-0.1, -0.05) is 12.1 Å². The van der Waals surface area contributed by atoms with E-state index < -0.39 is 12.0 Å². The van der Waals surface area contributed by atoms with E-state index in [1.54, 1.807) is 18.5 Å². The average Bonchev–Trinajstić information content (AvgIpc) is 3.57. The summed E-state index contributed by atoms with van der Waals surface area (Å²) in [5.74, 6) is 0.660. The number of nitrogens with zero attached hydrogens (tertiary/aromatic N) is 5. The molecular weight excluding hydrogens is 477 g/mol. The second-order valence-electron chi connectivity index (χ2n) is 8.43. The fraction of sp³-hybridized carbons (Fsp3) is 0.160. The average molecular weight is 500 g/mol. The maximum atomic E-state index is 13.4. The highest BCUT2D eigenvalue weighted by Crippen LogP contribution is 2.29. The van der Waals surface area contributed by atoms with Crippen LogP contribution in [0.25, 0.3) is 33.5 Å². The van der Waals surface area contributed by atoms with Crippen LogP contribution < -0.4 is 15.5 Å². The first kappa shape index (κ1) is 22.6. The van der Waals surface area contributed by atoms with E-state index in [1.807, 2.05) is 30.3 Å². The van der Waals surface area contributed by atoms with Gasteiger partial charge in [-0.05, 0) is 29.8 Å². The van der Waals surface area contributed by atoms with Gasteiger partial charge in [-0.15, -0.1) is 0 Å². The summed E-state index contributed by atoms with van der Waals surface area (Å²) in [7, 11) is 0. The molecule has 5 aromatic rings. The van der Waals surface area contributed by atoms with Gasteiger partial charge >= 0.3 is 6.03 Å². The molecule has 0 atom stereocenters. The number of amides is 2. The number of aromatic nitrogens is 6. The van der Waals surface area contributed by atoms with Gasteiger partial charge in [0.15, 0.2) is 0 Å². The van der Waals surface area contributed by atoms with Crippen LogP contribution in [0.15, 0.2) is 61.1 Å².